The maximum Gasteiger partial charge on any atom is 0.273 e. The molecule has 0 bridgehead atoms. The Morgan fingerprint density at radius 2 is 1.86 bits per heavy atom. The number of piperidine rings is 1. The highest BCUT2D eigenvalue weighted by Crippen LogP contribution is 2.34. The fourth-order valence-electron chi connectivity index (χ4n) is 4.55. The first-order chi connectivity index (χ1) is 17.5. The SMILES string of the molecule is CC(=O)c1ccc2c(c1)N(Cc1nc(C(=O)NC3CCN(Cc4ccccc4)CC3)co1)C(=O)CO2. The Morgan fingerprint density at radius 3 is 2.61 bits per heavy atom. The Hall–Kier alpha value is -3.98. The summed E-state index contributed by atoms with van der Waals surface area (Å²) in [5.41, 5.74) is 2.41. The summed E-state index contributed by atoms with van der Waals surface area (Å²) in [5, 5.41) is 3.05. The van der Waals surface area contributed by atoms with Gasteiger partial charge in [0.2, 0.25) is 5.89 Å². The molecule has 36 heavy (non-hydrogen) atoms. The number of nitrogens with zero attached hydrogens (tertiary/aromatic N) is 3. The minimum Gasteiger partial charge on any atom is -0.482 e. The van der Waals surface area contributed by atoms with Gasteiger partial charge >= 0.3 is 0 Å². The Labute approximate surface area is 209 Å². The highest BCUT2D eigenvalue weighted by molar-refractivity contribution is 6.01. The monoisotopic (exact) mass is 488 g/mol. The molecule has 186 valence electrons. The van der Waals surface area contributed by atoms with Gasteiger partial charge in [0.05, 0.1) is 5.69 Å². The van der Waals surface area contributed by atoms with Gasteiger partial charge in [0.25, 0.3) is 11.8 Å². The molecule has 2 amide bonds. The number of amides is 2. The summed E-state index contributed by atoms with van der Waals surface area (Å²) in [6.45, 7) is 4.09. The normalized spacial score (nSPS) is 16.4. The van der Waals surface area contributed by atoms with E-state index < -0.39 is 0 Å². The first-order valence-electron chi connectivity index (χ1n) is 12.1. The molecule has 1 aromatic heterocycles. The second-order valence-corrected chi connectivity index (χ2v) is 9.14. The lowest BCUT2D eigenvalue weighted by atomic mass is 10.0. The second kappa shape index (κ2) is 10.3. The molecule has 0 atom stereocenters. The van der Waals surface area contributed by atoms with Gasteiger partial charge in [0.15, 0.2) is 18.1 Å². The largest absolute Gasteiger partial charge is 0.482 e. The number of carbonyl (C=O) groups excluding carboxylic acids is 3. The Bertz CT molecular complexity index is 1260. The Morgan fingerprint density at radius 1 is 1.08 bits per heavy atom. The average Bonchev–Trinajstić information content (AvgIpc) is 3.36. The van der Waals surface area contributed by atoms with Gasteiger partial charge in [-0.25, -0.2) is 4.98 Å². The molecule has 1 fully saturated rings. The molecule has 1 saturated heterocycles. The molecule has 9 nitrogen and oxygen atoms in total. The number of anilines is 1. The second-order valence-electron chi connectivity index (χ2n) is 9.14. The molecule has 0 unspecified atom stereocenters. The van der Waals surface area contributed by atoms with Crippen LogP contribution in [0.15, 0.2) is 59.2 Å². The van der Waals surface area contributed by atoms with E-state index >= 15 is 0 Å². The van der Waals surface area contributed by atoms with Crippen LogP contribution < -0.4 is 15.0 Å². The van der Waals surface area contributed by atoms with Gasteiger partial charge in [-0.05, 0) is 43.5 Å². The zero-order chi connectivity index (χ0) is 25.1. The van der Waals surface area contributed by atoms with E-state index in [0.717, 1.165) is 32.5 Å². The smallest absolute Gasteiger partial charge is 0.273 e. The number of ketones is 1. The van der Waals surface area contributed by atoms with E-state index in [1.54, 1.807) is 18.2 Å². The fraction of sp³-hybridized carbons (Fsp3) is 0.333. The molecular formula is C27H28N4O5. The summed E-state index contributed by atoms with van der Waals surface area (Å²) < 4.78 is 11.0. The summed E-state index contributed by atoms with van der Waals surface area (Å²) in [6.07, 6.45) is 3.04. The fourth-order valence-corrected chi connectivity index (χ4v) is 4.55. The summed E-state index contributed by atoms with van der Waals surface area (Å²) >= 11 is 0. The lowest BCUT2D eigenvalue weighted by molar-refractivity contribution is -0.121. The van der Waals surface area contributed by atoms with E-state index in [1.807, 2.05) is 18.2 Å². The summed E-state index contributed by atoms with van der Waals surface area (Å²) in [5.74, 6) is 0.0421. The number of Topliss-reactive ketones (excluding diaryl/α,β-unsaturated/α-hetero) is 1. The van der Waals surface area contributed by atoms with Crippen LogP contribution in [0.4, 0.5) is 5.69 Å². The molecule has 0 radical (unpaired) electrons. The van der Waals surface area contributed by atoms with Crippen LogP contribution in [0.2, 0.25) is 0 Å². The maximum atomic E-state index is 12.8. The first kappa shape index (κ1) is 23.7. The van der Waals surface area contributed by atoms with Gasteiger partial charge in [-0.2, -0.15) is 0 Å². The standard InChI is InChI=1S/C27H28N4O5/c1-18(32)20-7-8-24-23(13-20)31(26(33)17-35-24)15-25-29-22(16-36-25)27(34)28-21-9-11-30(12-10-21)14-19-5-3-2-4-6-19/h2-8,13,16,21H,9-12,14-15,17H2,1H3,(H,28,34). The predicted octanol–water partition coefficient (Wildman–Crippen LogP) is 3.20. The Balaban J connectivity index is 1.18. The molecule has 3 heterocycles. The molecule has 1 N–H and O–H groups in total. The number of fused-ring (bicyclic) bond motifs is 1. The molecule has 2 aliphatic rings. The van der Waals surface area contributed by atoms with E-state index in [-0.39, 0.29) is 48.4 Å². The highest BCUT2D eigenvalue weighted by atomic mass is 16.5. The predicted molar refractivity (Wildman–Crippen MR) is 132 cm³/mol. The number of carbonyl (C=O) groups is 3. The van der Waals surface area contributed by atoms with Crippen molar-refractivity contribution >= 4 is 23.3 Å². The van der Waals surface area contributed by atoms with Crippen molar-refractivity contribution in [3.63, 3.8) is 0 Å². The molecule has 0 aliphatic carbocycles. The van der Waals surface area contributed by atoms with Crippen LogP contribution in [0.1, 0.15) is 52.1 Å². The number of rotatable bonds is 7. The van der Waals surface area contributed by atoms with Gasteiger partial charge in [-0.3, -0.25) is 24.2 Å². The lowest BCUT2D eigenvalue weighted by Gasteiger charge is -2.32. The third-order valence-electron chi connectivity index (χ3n) is 6.56. The van der Waals surface area contributed by atoms with Crippen LogP contribution in [0.25, 0.3) is 0 Å². The molecule has 0 spiro atoms. The number of aromatic nitrogens is 1. The van der Waals surface area contributed by atoms with Crippen LogP contribution in [0.5, 0.6) is 5.75 Å². The molecule has 2 aliphatic heterocycles. The molecule has 2 aromatic carbocycles. The number of hydrogen-bond acceptors (Lipinski definition) is 7. The van der Waals surface area contributed by atoms with E-state index in [1.165, 1.54) is 23.7 Å². The van der Waals surface area contributed by atoms with Crippen molar-refractivity contribution in [3.05, 3.63) is 77.5 Å². The third kappa shape index (κ3) is 5.31. The minimum absolute atomic E-state index is 0.0295. The van der Waals surface area contributed by atoms with Crippen LogP contribution in [0, 0.1) is 0 Å². The van der Waals surface area contributed by atoms with Crippen molar-refractivity contribution in [1.82, 2.24) is 15.2 Å². The zero-order valence-electron chi connectivity index (χ0n) is 20.1. The van der Waals surface area contributed by atoms with Crippen LogP contribution >= 0.6 is 0 Å². The van der Waals surface area contributed by atoms with Crippen molar-refractivity contribution in [2.24, 2.45) is 0 Å². The van der Waals surface area contributed by atoms with Crippen LogP contribution in [-0.4, -0.2) is 53.2 Å². The lowest BCUT2D eigenvalue weighted by Crippen LogP contribution is -2.44. The maximum absolute atomic E-state index is 12.8. The third-order valence-corrected chi connectivity index (χ3v) is 6.56. The average molecular weight is 489 g/mol. The van der Waals surface area contributed by atoms with Crippen molar-refractivity contribution < 1.29 is 23.5 Å². The number of likely N-dealkylation sites (tertiary alicyclic amines) is 1. The van der Waals surface area contributed by atoms with Crippen LogP contribution in [-0.2, 0) is 17.9 Å². The molecule has 5 rings (SSSR count). The first-order valence-corrected chi connectivity index (χ1v) is 12.1. The Kier molecular flexibility index (Phi) is 6.81. The van der Waals surface area contributed by atoms with Gasteiger partial charge in [-0.1, -0.05) is 30.3 Å². The van der Waals surface area contributed by atoms with Crippen molar-refractivity contribution in [2.45, 2.75) is 38.9 Å². The minimum atomic E-state index is -0.293. The van der Waals surface area contributed by atoms with E-state index in [4.69, 9.17) is 9.15 Å². The van der Waals surface area contributed by atoms with Crippen LogP contribution in [0.3, 0.4) is 0 Å². The van der Waals surface area contributed by atoms with E-state index in [0.29, 0.717) is 17.0 Å². The van der Waals surface area contributed by atoms with Gasteiger partial charge in [-0.15, -0.1) is 0 Å². The van der Waals surface area contributed by atoms with Crippen molar-refractivity contribution in [1.29, 1.82) is 0 Å². The number of hydrogen-bond donors (Lipinski definition) is 1. The summed E-state index contributed by atoms with van der Waals surface area (Å²) in [7, 11) is 0. The van der Waals surface area contributed by atoms with E-state index in [2.05, 4.69) is 27.3 Å². The van der Waals surface area contributed by atoms with Gasteiger partial charge in [0.1, 0.15) is 18.6 Å². The van der Waals surface area contributed by atoms with Crippen molar-refractivity contribution in [2.75, 3.05) is 24.6 Å². The highest BCUT2D eigenvalue weighted by Gasteiger charge is 2.29. The summed E-state index contributed by atoms with van der Waals surface area (Å²) in [4.78, 5) is 45.3. The number of oxazole rings is 1. The van der Waals surface area contributed by atoms with Crippen molar-refractivity contribution in [3.8, 4) is 5.75 Å². The molecular weight excluding hydrogens is 460 g/mol. The molecule has 9 heteroatoms. The topological polar surface area (TPSA) is 105 Å². The zero-order valence-corrected chi connectivity index (χ0v) is 20.1. The summed E-state index contributed by atoms with van der Waals surface area (Å²) in [6, 6.07) is 15.4. The quantitative estimate of drug-likeness (QED) is 0.509. The number of benzene rings is 2. The molecule has 3 aromatic rings. The molecule has 0 saturated carbocycles. The van der Waals surface area contributed by atoms with E-state index in [9.17, 15) is 14.4 Å². The van der Waals surface area contributed by atoms with Gasteiger partial charge in [0, 0.05) is 31.2 Å². The number of ether oxygens (including phenoxy) is 1. The number of nitrogens with one attached hydrogen (secondary N) is 1. The van der Waals surface area contributed by atoms with Gasteiger partial charge < -0.3 is 14.5 Å².